The molecule has 0 aliphatic heterocycles. The molecule has 0 spiro atoms. The smallest absolute Gasteiger partial charge is 0.268 e. The number of pyridine rings is 1. The van der Waals surface area contributed by atoms with Gasteiger partial charge in [0, 0.05) is 36.1 Å². The first-order chi connectivity index (χ1) is 12.7. The second kappa shape index (κ2) is 8.42. The highest BCUT2D eigenvalue weighted by Crippen LogP contribution is 2.12. The molecule has 0 fully saturated rings. The summed E-state index contributed by atoms with van der Waals surface area (Å²) in [7, 11) is 0. The average molecular weight is 351 g/mol. The second-order valence-corrected chi connectivity index (χ2v) is 5.92. The van der Waals surface area contributed by atoms with Gasteiger partial charge in [-0.3, -0.25) is 9.59 Å². The molecule has 0 saturated carbocycles. The van der Waals surface area contributed by atoms with Gasteiger partial charge in [0.05, 0.1) is 6.61 Å². The predicted molar refractivity (Wildman–Crippen MR) is 101 cm³/mol. The van der Waals surface area contributed by atoms with Gasteiger partial charge in [0.1, 0.15) is 5.69 Å². The van der Waals surface area contributed by atoms with Gasteiger partial charge in [-0.25, -0.2) is 0 Å². The summed E-state index contributed by atoms with van der Waals surface area (Å²) in [5.74, 6) is -0.336. The zero-order valence-corrected chi connectivity index (χ0v) is 14.3. The quantitative estimate of drug-likeness (QED) is 0.486. The molecule has 1 amide bonds. The lowest BCUT2D eigenvalue weighted by molar-refractivity contribution is 0.0945. The minimum atomic E-state index is -0.336. The van der Waals surface area contributed by atoms with Crippen LogP contribution in [0.1, 0.15) is 21.6 Å². The second-order valence-electron chi connectivity index (χ2n) is 5.92. The van der Waals surface area contributed by atoms with Gasteiger partial charge >= 0.3 is 0 Å². The fraction of sp³-hybridized carbons (Fsp3) is 0.200. The minimum Gasteiger partial charge on any atom is -0.395 e. The van der Waals surface area contributed by atoms with Crippen molar-refractivity contribution in [2.45, 2.75) is 13.1 Å². The molecule has 6 nitrogen and oxygen atoms in total. The molecule has 0 atom stereocenters. The molecule has 1 aromatic heterocycles. The van der Waals surface area contributed by atoms with E-state index in [4.69, 9.17) is 5.11 Å². The molecule has 0 bridgehead atoms. The summed E-state index contributed by atoms with van der Waals surface area (Å²) in [6, 6.07) is 16.7. The van der Waals surface area contributed by atoms with Gasteiger partial charge in [-0.2, -0.15) is 0 Å². The Labute approximate surface area is 150 Å². The van der Waals surface area contributed by atoms with Gasteiger partial charge in [0.25, 0.3) is 5.91 Å². The van der Waals surface area contributed by atoms with Crippen molar-refractivity contribution in [2.75, 3.05) is 13.2 Å². The van der Waals surface area contributed by atoms with Crippen LogP contribution in [0.5, 0.6) is 0 Å². The van der Waals surface area contributed by atoms with Crippen molar-refractivity contribution in [2.24, 2.45) is 0 Å². The molecular weight excluding hydrogens is 330 g/mol. The third-order valence-electron chi connectivity index (χ3n) is 4.12. The molecule has 0 unspecified atom stereocenters. The molecule has 0 aliphatic rings. The van der Waals surface area contributed by atoms with E-state index in [2.05, 4.69) is 15.6 Å². The van der Waals surface area contributed by atoms with Crippen LogP contribution in [0.3, 0.4) is 0 Å². The Kier molecular flexibility index (Phi) is 5.78. The van der Waals surface area contributed by atoms with Crippen molar-refractivity contribution in [3.05, 3.63) is 81.6 Å². The monoisotopic (exact) mass is 351 g/mol. The Morgan fingerprint density at radius 1 is 1.00 bits per heavy atom. The Hall–Kier alpha value is -2.96. The highest BCUT2D eigenvalue weighted by atomic mass is 16.3. The number of H-pyrrole nitrogens is 1. The molecule has 6 heteroatoms. The molecular formula is C20H21N3O3. The van der Waals surface area contributed by atoms with E-state index in [1.54, 1.807) is 18.2 Å². The lowest BCUT2D eigenvalue weighted by Crippen LogP contribution is -2.31. The maximum absolute atomic E-state index is 12.8. The third kappa shape index (κ3) is 3.99. The van der Waals surface area contributed by atoms with Crippen LogP contribution in [-0.4, -0.2) is 29.1 Å². The molecule has 134 valence electrons. The van der Waals surface area contributed by atoms with Gasteiger partial charge in [-0.15, -0.1) is 0 Å². The number of carbonyl (C=O) groups is 1. The number of para-hydroxylation sites is 1. The summed E-state index contributed by atoms with van der Waals surface area (Å²) in [6.45, 7) is 0.880. The Morgan fingerprint density at radius 3 is 2.50 bits per heavy atom. The number of fused-ring (bicyclic) bond motifs is 1. The van der Waals surface area contributed by atoms with Gasteiger partial charge in [-0.1, -0.05) is 42.5 Å². The maximum Gasteiger partial charge on any atom is 0.268 e. The molecule has 3 aromatic rings. The summed E-state index contributed by atoms with van der Waals surface area (Å²) in [5.41, 5.74) is 2.02. The number of aromatic nitrogens is 1. The van der Waals surface area contributed by atoms with Gasteiger partial charge in [0.2, 0.25) is 0 Å². The first kappa shape index (κ1) is 17.8. The number of benzene rings is 2. The first-order valence-corrected chi connectivity index (χ1v) is 8.48. The topological polar surface area (TPSA) is 94.2 Å². The van der Waals surface area contributed by atoms with Crippen molar-refractivity contribution in [1.82, 2.24) is 15.6 Å². The number of carbonyl (C=O) groups excluding carboxylic acids is 1. The van der Waals surface area contributed by atoms with Crippen LogP contribution < -0.4 is 16.1 Å². The SMILES string of the molecule is O=C(NCc1ccccc1)c1[nH]c2ccccc2c(=O)c1CNCCO. The number of amides is 1. The molecule has 3 rings (SSSR count). The zero-order chi connectivity index (χ0) is 18.4. The van der Waals surface area contributed by atoms with Crippen molar-refractivity contribution in [3.8, 4) is 0 Å². The van der Waals surface area contributed by atoms with Crippen molar-refractivity contribution in [1.29, 1.82) is 0 Å². The molecule has 0 radical (unpaired) electrons. The van der Waals surface area contributed by atoms with Gasteiger partial charge in [0.15, 0.2) is 5.43 Å². The maximum atomic E-state index is 12.8. The van der Waals surface area contributed by atoms with E-state index in [1.165, 1.54) is 0 Å². The number of aliphatic hydroxyl groups is 1. The van der Waals surface area contributed by atoms with Crippen LogP contribution >= 0.6 is 0 Å². The van der Waals surface area contributed by atoms with E-state index < -0.39 is 0 Å². The van der Waals surface area contributed by atoms with E-state index in [9.17, 15) is 9.59 Å². The molecule has 0 aliphatic carbocycles. The summed E-state index contributed by atoms with van der Waals surface area (Å²) in [4.78, 5) is 28.6. The molecule has 1 heterocycles. The normalized spacial score (nSPS) is 10.8. The van der Waals surface area contributed by atoms with E-state index in [0.29, 0.717) is 29.6 Å². The van der Waals surface area contributed by atoms with E-state index in [1.807, 2.05) is 36.4 Å². The zero-order valence-electron chi connectivity index (χ0n) is 14.3. The molecule has 2 aromatic carbocycles. The summed E-state index contributed by atoms with van der Waals surface area (Å²) < 4.78 is 0. The summed E-state index contributed by atoms with van der Waals surface area (Å²) >= 11 is 0. The number of aliphatic hydroxyl groups excluding tert-OH is 1. The van der Waals surface area contributed by atoms with Crippen LogP contribution in [0.2, 0.25) is 0 Å². The third-order valence-corrected chi connectivity index (χ3v) is 4.12. The summed E-state index contributed by atoms with van der Waals surface area (Å²) in [5, 5.41) is 15.3. The van der Waals surface area contributed by atoms with Crippen molar-refractivity contribution in [3.63, 3.8) is 0 Å². The molecule has 0 saturated heterocycles. The first-order valence-electron chi connectivity index (χ1n) is 8.48. The number of rotatable bonds is 7. The van der Waals surface area contributed by atoms with E-state index in [0.717, 1.165) is 5.56 Å². The van der Waals surface area contributed by atoms with Crippen LogP contribution in [0, 0.1) is 0 Å². The standard InChI is InChI=1S/C20H21N3O3/c24-11-10-21-13-16-18(20(26)22-12-14-6-2-1-3-7-14)23-17-9-5-4-8-15(17)19(16)25/h1-9,21,24H,10-13H2,(H,22,26)(H,23,25). The van der Waals surface area contributed by atoms with Crippen LogP contribution in [0.4, 0.5) is 0 Å². The lowest BCUT2D eigenvalue weighted by atomic mass is 10.1. The fourth-order valence-electron chi connectivity index (χ4n) is 2.80. The Morgan fingerprint density at radius 2 is 1.73 bits per heavy atom. The van der Waals surface area contributed by atoms with Crippen molar-refractivity contribution >= 4 is 16.8 Å². The number of nitrogens with one attached hydrogen (secondary N) is 3. The van der Waals surface area contributed by atoms with Crippen molar-refractivity contribution < 1.29 is 9.90 Å². The predicted octanol–water partition coefficient (Wildman–Crippen LogP) is 1.54. The minimum absolute atomic E-state index is 0.0407. The van der Waals surface area contributed by atoms with Crippen LogP contribution in [0.25, 0.3) is 10.9 Å². The lowest BCUT2D eigenvalue weighted by Gasteiger charge is -2.12. The van der Waals surface area contributed by atoms with Gasteiger partial charge in [-0.05, 0) is 17.7 Å². The molecule has 4 N–H and O–H groups in total. The van der Waals surface area contributed by atoms with E-state index in [-0.39, 0.29) is 30.2 Å². The Balaban J connectivity index is 1.92. The van der Waals surface area contributed by atoms with E-state index >= 15 is 0 Å². The highest BCUT2D eigenvalue weighted by Gasteiger charge is 2.17. The fourth-order valence-corrected chi connectivity index (χ4v) is 2.80. The molecule has 26 heavy (non-hydrogen) atoms. The van der Waals surface area contributed by atoms with Crippen LogP contribution in [0.15, 0.2) is 59.4 Å². The average Bonchev–Trinajstić information content (AvgIpc) is 2.68. The number of hydrogen-bond acceptors (Lipinski definition) is 4. The largest absolute Gasteiger partial charge is 0.395 e. The van der Waals surface area contributed by atoms with Gasteiger partial charge < -0.3 is 20.7 Å². The number of hydrogen-bond donors (Lipinski definition) is 4. The number of aromatic amines is 1. The highest BCUT2D eigenvalue weighted by molar-refractivity contribution is 5.96. The Bertz CT molecular complexity index is 951. The summed E-state index contributed by atoms with van der Waals surface area (Å²) in [6.07, 6.45) is 0. The van der Waals surface area contributed by atoms with Crippen LogP contribution in [-0.2, 0) is 13.1 Å².